The third-order valence-corrected chi connectivity index (χ3v) is 4.83. The Morgan fingerprint density at radius 2 is 0.913 bits per heavy atom. The van der Waals surface area contributed by atoms with Gasteiger partial charge in [0, 0.05) is 22.3 Å². The molecular weight excluding hydrogens is 292 g/mol. The molecule has 0 nitrogen and oxygen atoms in total. The lowest BCUT2D eigenvalue weighted by Gasteiger charge is -2.04. The van der Waals surface area contributed by atoms with Gasteiger partial charge in [0.2, 0.25) is 8.07 Å². The second-order valence-electron chi connectivity index (χ2n) is 5.72. The van der Waals surface area contributed by atoms with Gasteiger partial charge in [0.1, 0.15) is 0 Å². The maximum atomic E-state index is 3.39. The molecule has 0 amide bonds. The summed E-state index contributed by atoms with van der Waals surface area (Å²) in [4.78, 5) is 0. The molecule has 0 unspecified atom stereocenters. The quantitative estimate of drug-likeness (QED) is 0.515. The Morgan fingerprint density at radius 3 is 1.30 bits per heavy atom. The van der Waals surface area contributed by atoms with Gasteiger partial charge in [-0.3, -0.25) is 0 Å². The molecule has 0 aromatic heterocycles. The number of fused-ring (bicyclic) bond motifs is 2. The monoisotopic (exact) mass is 306 g/mol. The van der Waals surface area contributed by atoms with Gasteiger partial charge in [-0.15, -0.1) is 11.1 Å². The fraction of sp³-hybridized carbons (Fsp3) is 0.0909. The van der Waals surface area contributed by atoms with Crippen LogP contribution < -0.4 is 0 Å². The smallest absolute Gasteiger partial charge is 0.111 e. The predicted octanol–water partition coefficient (Wildman–Crippen LogP) is 3.59. The van der Waals surface area contributed by atoms with Crippen LogP contribution in [0, 0.1) is 46.6 Å². The van der Waals surface area contributed by atoms with E-state index < -0.39 is 8.07 Å². The largest absolute Gasteiger partial charge is 0.211 e. The molecule has 1 heteroatoms. The molecule has 0 N–H and O–H groups in total. The summed E-state index contributed by atoms with van der Waals surface area (Å²) in [7, 11) is -1.94. The van der Waals surface area contributed by atoms with Crippen molar-refractivity contribution < 1.29 is 0 Å². The van der Waals surface area contributed by atoms with Gasteiger partial charge in [0.05, 0.1) is 0 Å². The molecule has 2 aromatic carbocycles. The van der Waals surface area contributed by atoms with Crippen molar-refractivity contribution in [1.82, 2.24) is 0 Å². The van der Waals surface area contributed by atoms with Crippen LogP contribution in [0.5, 0.6) is 0 Å². The van der Waals surface area contributed by atoms with Gasteiger partial charge in [-0.1, -0.05) is 47.9 Å². The minimum atomic E-state index is -1.94. The summed E-state index contributed by atoms with van der Waals surface area (Å²) in [5.41, 5.74) is 10.5. The van der Waals surface area contributed by atoms with Gasteiger partial charge in [-0.2, -0.15) is 0 Å². The lowest BCUT2D eigenvalue weighted by Crippen LogP contribution is -2.21. The molecule has 0 saturated carbocycles. The number of hydrogen-bond donors (Lipinski definition) is 0. The Balaban J connectivity index is 2.22. The van der Waals surface area contributed by atoms with E-state index in [1.807, 2.05) is 48.5 Å². The molecule has 106 valence electrons. The van der Waals surface area contributed by atoms with Crippen molar-refractivity contribution in [3.63, 3.8) is 0 Å². The minimum absolute atomic E-state index is 0.916. The van der Waals surface area contributed by atoms with Crippen molar-refractivity contribution in [2.24, 2.45) is 0 Å². The SMILES string of the molecule is C[Si]1(C)C#Cc2ccccc2C#CC#Cc2ccccc2C#C1. The molecule has 0 saturated heterocycles. The lowest BCUT2D eigenvalue weighted by molar-refractivity contribution is 1.59. The maximum Gasteiger partial charge on any atom is 0.211 e. The van der Waals surface area contributed by atoms with Crippen molar-refractivity contribution in [3.05, 3.63) is 70.8 Å². The summed E-state index contributed by atoms with van der Waals surface area (Å²) in [6, 6.07) is 15.9. The Labute approximate surface area is 139 Å². The van der Waals surface area contributed by atoms with Crippen molar-refractivity contribution >= 4 is 8.07 Å². The standard InChI is InChI=1S/C22H14Si/c1-23(2)17-15-21-13-7-5-11-19(21)9-3-4-10-20-12-6-8-14-22(20)16-18-23/h5-8,11-14H,1-2H3. The number of benzene rings is 2. The van der Waals surface area contributed by atoms with Crippen molar-refractivity contribution in [1.29, 1.82) is 0 Å². The van der Waals surface area contributed by atoms with Gasteiger partial charge in [-0.05, 0) is 49.2 Å². The second kappa shape index (κ2) is 6.34. The van der Waals surface area contributed by atoms with Crippen LogP contribution in [-0.2, 0) is 0 Å². The molecule has 0 radical (unpaired) electrons. The highest BCUT2D eigenvalue weighted by atomic mass is 28.3. The average Bonchev–Trinajstić information content (AvgIpc) is 2.57. The Kier molecular flexibility index (Phi) is 4.08. The molecule has 0 aliphatic carbocycles. The summed E-state index contributed by atoms with van der Waals surface area (Å²) >= 11 is 0. The molecule has 0 spiro atoms. The summed E-state index contributed by atoms with van der Waals surface area (Å²) in [6.45, 7) is 4.32. The fourth-order valence-electron chi connectivity index (χ4n) is 2.08. The first-order chi connectivity index (χ1) is 11.1. The van der Waals surface area contributed by atoms with Crippen LogP contribution in [0.25, 0.3) is 0 Å². The van der Waals surface area contributed by atoms with Gasteiger partial charge in [0.15, 0.2) is 0 Å². The summed E-state index contributed by atoms with van der Waals surface area (Å²) in [5.74, 6) is 18.6. The molecule has 0 atom stereocenters. The summed E-state index contributed by atoms with van der Waals surface area (Å²) in [6.07, 6.45) is 0. The zero-order valence-corrected chi connectivity index (χ0v) is 14.1. The molecule has 0 fully saturated rings. The van der Waals surface area contributed by atoms with Crippen LogP contribution in [0.15, 0.2) is 48.5 Å². The Morgan fingerprint density at radius 1 is 0.565 bits per heavy atom. The average molecular weight is 306 g/mol. The van der Waals surface area contributed by atoms with E-state index in [1.165, 1.54) is 0 Å². The van der Waals surface area contributed by atoms with E-state index in [0.29, 0.717) is 0 Å². The third kappa shape index (κ3) is 3.76. The van der Waals surface area contributed by atoms with Crippen LogP contribution in [0.3, 0.4) is 0 Å². The van der Waals surface area contributed by atoms with Gasteiger partial charge in [-0.25, -0.2) is 0 Å². The van der Waals surface area contributed by atoms with E-state index in [2.05, 4.69) is 59.7 Å². The van der Waals surface area contributed by atoms with Crippen molar-refractivity contribution in [3.8, 4) is 46.6 Å². The second-order valence-corrected chi connectivity index (χ2v) is 9.47. The molecule has 1 aliphatic rings. The van der Waals surface area contributed by atoms with E-state index in [1.54, 1.807) is 0 Å². The minimum Gasteiger partial charge on any atom is -0.111 e. The van der Waals surface area contributed by atoms with Gasteiger partial charge < -0.3 is 0 Å². The molecule has 3 rings (SSSR count). The van der Waals surface area contributed by atoms with Crippen LogP contribution in [-0.4, -0.2) is 8.07 Å². The van der Waals surface area contributed by atoms with Gasteiger partial charge >= 0.3 is 0 Å². The molecule has 1 aliphatic heterocycles. The molecule has 23 heavy (non-hydrogen) atoms. The van der Waals surface area contributed by atoms with Crippen molar-refractivity contribution in [2.45, 2.75) is 13.1 Å². The third-order valence-electron chi connectivity index (χ3n) is 3.33. The zero-order valence-electron chi connectivity index (χ0n) is 13.1. The Bertz CT molecular complexity index is 927. The van der Waals surface area contributed by atoms with Crippen LogP contribution >= 0.6 is 0 Å². The van der Waals surface area contributed by atoms with E-state index in [-0.39, 0.29) is 0 Å². The molecule has 2 aromatic rings. The maximum absolute atomic E-state index is 3.39. The molecule has 0 bridgehead atoms. The van der Waals surface area contributed by atoms with Crippen molar-refractivity contribution in [2.75, 3.05) is 0 Å². The Hall–Kier alpha value is -3.10. The highest BCUT2D eigenvalue weighted by molar-refractivity contribution is 6.92. The van der Waals surface area contributed by atoms with E-state index >= 15 is 0 Å². The predicted molar refractivity (Wildman–Crippen MR) is 97.9 cm³/mol. The van der Waals surface area contributed by atoms with E-state index in [4.69, 9.17) is 0 Å². The van der Waals surface area contributed by atoms with E-state index in [9.17, 15) is 0 Å². The first-order valence-electron chi connectivity index (χ1n) is 7.40. The normalized spacial score (nSPS) is 13.1. The fourth-order valence-corrected chi connectivity index (χ4v) is 3.03. The first-order valence-corrected chi connectivity index (χ1v) is 10.4. The van der Waals surface area contributed by atoms with Crippen LogP contribution in [0.2, 0.25) is 13.1 Å². The molecule has 1 heterocycles. The highest BCUT2D eigenvalue weighted by Gasteiger charge is 2.14. The summed E-state index contributed by atoms with van der Waals surface area (Å²) < 4.78 is 0. The highest BCUT2D eigenvalue weighted by Crippen LogP contribution is 2.09. The lowest BCUT2D eigenvalue weighted by atomic mass is 10.1. The molecular formula is C22H14Si. The first kappa shape index (κ1) is 14.8. The number of rotatable bonds is 0. The van der Waals surface area contributed by atoms with Crippen LogP contribution in [0.1, 0.15) is 22.3 Å². The topological polar surface area (TPSA) is 0 Å². The van der Waals surface area contributed by atoms with Crippen LogP contribution in [0.4, 0.5) is 0 Å². The number of hydrogen-bond acceptors (Lipinski definition) is 0. The van der Waals surface area contributed by atoms with Gasteiger partial charge in [0.25, 0.3) is 0 Å². The van der Waals surface area contributed by atoms with E-state index in [0.717, 1.165) is 22.3 Å². The summed E-state index contributed by atoms with van der Waals surface area (Å²) in [5, 5.41) is 0. The zero-order chi connectivity index (χ0) is 16.1.